The molecule has 0 saturated carbocycles. The quantitative estimate of drug-likeness (QED) is 0.606. The first kappa shape index (κ1) is 22.8. The molecule has 0 radical (unpaired) electrons. The van der Waals surface area contributed by atoms with Crippen LogP contribution in [-0.4, -0.2) is 38.0 Å². The van der Waals surface area contributed by atoms with Crippen molar-refractivity contribution < 1.29 is 27.5 Å². The Labute approximate surface area is 192 Å². The minimum atomic E-state index is -1.49. The number of benzene rings is 3. The number of carbonyl (C=O) groups is 2. The van der Waals surface area contributed by atoms with Gasteiger partial charge in [0.1, 0.15) is 11.5 Å². The number of likely N-dealkylation sites (N-methyl/N-ethyl adjacent to an activating group) is 1. The van der Waals surface area contributed by atoms with Crippen molar-refractivity contribution in [2.75, 3.05) is 24.4 Å². The van der Waals surface area contributed by atoms with E-state index in [1.54, 1.807) is 30.3 Å². The van der Waals surface area contributed by atoms with E-state index in [4.69, 9.17) is 4.74 Å². The van der Waals surface area contributed by atoms with Gasteiger partial charge in [-0.05, 0) is 30.3 Å². The summed E-state index contributed by atoms with van der Waals surface area (Å²) in [5, 5.41) is 4.50. The Hall–Kier alpha value is -4.34. The Kier molecular flexibility index (Phi) is 6.22. The van der Waals surface area contributed by atoms with Gasteiger partial charge in [-0.25, -0.2) is 23.0 Å². The van der Waals surface area contributed by atoms with Crippen LogP contribution in [-0.2, 0) is 4.79 Å². The van der Waals surface area contributed by atoms with Crippen LogP contribution >= 0.6 is 0 Å². The maximum Gasteiger partial charge on any atom is 0.321 e. The Morgan fingerprint density at radius 1 is 0.941 bits per heavy atom. The maximum absolute atomic E-state index is 14.7. The van der Waals surface area contributed by atoms with E-state index in [0.29, 0.717) is 11.3 Å². The first-order chi connectivity index (χ1) is 16.3. The van der Waals surface area contributed by atoms with Crippen LogP contribution < -0.4 is 20.3 Å². The van der Waals surface area contributed by atoms with Crippen LogP contribution in [0.25, 0.3) is 0 Å². The molecule has 0 aromatic heterocycles. The average Bonchev–Trinajstić information content (AvgIpc) is 2.93. The van der Waals surface area contributed by atoms with Crippen LogP contribution in [0.4, 0.5) is 29.3 Å². The predicted molar refractivity (Wildman–Crippen MR) is 121 cm³/mol. The van der Waals surface area contributed by atoms with Gasteiger partial charge in [0, 0.05) is 18.2 Å². The molecule has 0 bridgehead atoms. The van der Waals surface area contributed by atoms with Gasteiger partial charge in [-0.2, -0.15) is 0 Å². The van der Waals surface area contributed by atoms with Crippen LogP contribution in [0.2, 0.25) is 0 Å². The summed E-state index contributed by atoms with van der Waals surface area (Å²) >= 11 is 0. The number of aliphatic imine (C=N–C) groups is 1. The second-order valence-corrected chi connectivity index (χ2v) is 7.31. The highest BCUT2D eigenvalue weighted by Crippen LogP contribution is 2.31. The molecular formula is C24H19F3N4O3. The molecule has 1 unspecified atom stereocenters. The van der Waals surface area contributed by atoms with Crippen molar-refractivity contribution in [2.45, 2.75) is 6.17 Å². The number of halogens is 3. The standard InChI is InChI=1S/C24H19F3N4O3/c1-31-18-10-6-4-8-14(18)19(13-7-3-5-9-15(13)25)28-22(23(31)32)30-24(33)29-20-16(26)11-12-17(27)21(20)34-2/h3-12,22H,1-2H3,(H2,29,30,33). The monoisotopic (exact) mass is 468 g/mol. The highest BCUT2D eigenvalue weighted by Gasteiger charge is 2.32. The molecule has 1 aliphatic heterocycles. The Morgan fingerprint density at radius 2 is 1.59 bits per heavy atom. The third-order valence-corrected chi connectivity index (χ3v) is 5.24. The second kappa shape index (κ2) is 9.26. The van der Waals surface area contributed by atoms with Gasteiger partial charge in [0.25, 0.3) is 5.91 Å². The number of benzodiazepines with no additional fused rings is 1. The number of amides is 3. The molecule has 0 fully saturated rings. The van der Waals surface area contributed by atoms with E-state index < -0.39 is 47.0 Å². The summed E-state index contributed by atoms with van der Waals surface area (Å²) in [6.07, 6.45) is -1.49. The summed E-state index contributed by atoms with van der Waals surface area (Å²) in [4.78, 5) is 31.4. The van der Waals surface area contributed by atoms with Crippen LogP contribution in [0.1, 0.15) is 11.1 Å². The molecule has 7 nitrogen and oxygen atoms in total. The minimum absolute atomic E-state index is 0.128. The highest BCUT2D eigenvalue weighted by atomic mass is 19.1. The third kappa shape index (κ3) is 4.17. The van der Waals surface area contributed by atoms with Crippen LogP contribution in [0, 0.1) is 17.5 Å². The van der Waals surface area contributed by atoms with E-state index in [-0.39, 0.29) is 11.3 Å². The lowest BCUT2D eigenvalue weighted by Crippen LogP contribution is -2.47. The second-order valence-electron chi connectivity index (χ2n) is 7.31. The van der Waals surface area contributed by atoms with E-state index in [2.05, 4.69) is 15.6 Å². The van der Waals surface area contributed by atoms with Crippen molar-refractivity contribution in [1.82, 2.24) is 5.32 Å². The summed E-state index contributed by atoms with van der Waals surface area (Å²) in [6, 6.07) is 13.3. The molecule has 34 heavy (non-hydrogen) atoms. The number of ether oxygens (including phenoxy) is 1. The molecule has 1 aliphatic rings. The molecule has 0 spiro atoms. The molecule has 3 aromatic carbocycles. The fourth-order valence-electron chi connectivity index (χ4n) is 3.61. The van der Waals surface area contributed by atoms with Crippen molar-refractivity contribution >= 4 is 29.0 Å². The molecule has 4 rings (SSSR count). The van der Waals surface area contributed by atoms with Gasteiger partial charge < -0.3 is 20.3 Å². The molecule has 174 valence electrons. The SMILES string of the molecule is COc1c(F)ccc(F)c1NC(=O)NC1N=C(c2ccccc2F)c2ccccc2N(C)C1=O. The number of hydrogen-bond acceptors (Lipinski definition) is 4. The molecule has 10 heteroatoms. The van der Waals surface area contributed by atoms with E-state index in [9.17, 15) is 22.8 Å². The lowest BCUT2D eigenvalue weighted by Gasteiger charge is -2.21. The zero-order valence-corrected chi connectivity index (χ0v) is 18.1. The van der Waals surface area contributed by atoms with E-state index >= 15 is 0 Å². The van der Waals surface area contributed by atoms with E-state index in [0.717, 1.165) is 19.2 Å². The largest absolute Gasteiger partial charge is 0.491 e. The van der Waals surface area contributed by atoms with Crippen molar-refractivity contribution in [1.29, 1.82) is 0 Å². The first-order valence-electron chi connectivity index (χ1n) is 10.1. The van der Waals surface area contributed by atoms with Crippen LogP contribution in [0.5, 0.6) is 5.75 Å². The fourth-order valence-corrected chi connectivity index (χ4v) is 3.61. The van der Waals surface area contributed by atoms with Gasteiger partial charge in [0.2, 0.25) is 6.17 Å². The summed E-state index contributed by atoms with van der Waals surface area (Å²) in [7, 11) is 2.61. The van der Waals surface area contributed by atoms with Crippen LogP contribution in [0.3, 0.4) is 0 Å². The average molecular weight is 468 g/mol. The minimum Gasteiger partial charge on any atom is -0.491 e. The van der Waals surface area contributed by atoms with Gasteiger partial charge in [0.05, 0.1) is 18.5 Å². The molecule has 2 N–H and O–H groups in total. The number of carbonyl (C=O) groups excluding carboxylic acids is 2. The predicted octanol–water partition coefficient (Wildman–Crippen LogP) is 4.07. The molecule has 3 aromatic rings. The number of nitrogens with one attached hydrogen (secondary N) is 2. The lowest BCUT2D eigenvalue weighted by atomic mass is 10.00. The normalized spacial score (nSPS) is 15.2. The van der Waals surface area contributed by atoms with Crippen molar-refractivity contribution in [3.05, 3.63) is 89.2 Å². The molecule has 1 atom stereocenters. The number of urea groups is 1. The Bertz CT molecular complexity index is 1310. The lowest BCUT2D eigenvalue weighted by molar-refractivity contribution is -0.119. The molecule has 0 aliphatic carbocycles. The molecule has 0 saturated heterocycles. The molecular weight excluding hydrogens is 449 g/mol. The summed E-state index contributed by atoms with van der Waals surface area (Å²) in [6.45, 7) is 0. The third-order valence-electron chi connectivity index (χ3n) is 5.24. The summed E-state index contributed by atoms with van der Waals surface area (Å²) < 4.78 is 47.7. The van der Waals surface area contributed by atoms with Crippen molar-refractivity contribution in [2.24, 2.45) is 4.99 Å². The topological polar surface area (TPSA) is 83.0 Å². The van der Waals surface area contributed by atoms with Crippen molar-refractivity contribution in [3.8, 4) is 5.75 Å². The Balaban J connectivity index is 1.73. The number of fused-ring (bicyclic) bond motifs is 1. The summed E-state index contributed by atoms with van der Waals surface area (Å²) in [5.74, 6) is -3.54. The van der Waals surface area contributed by atoms with Crippen LogP contribution in [0.15, 0.2) is 65.7 Å². The van der Waals surface area contributed by atoms with E-state index in [1.165, 1.54) is 30.1 Å². The van der Waals surface area contributed by atoms with Crippen molar-refractivity contribution in [3.63, 3.8) is 0 Å². The maximum atomic E-state index is 14.7. The molecule has 3 amide bonds. The first-order valence-corrected chi connectivity index (χ1v) is 10.1. The zero-order chi connectivity index (χ0) is 24.4. The molecule has 1 heterocycles. The van der Waals surface area contributed by atoms with Gasteiger partial charge >= 0.3 is 6.03 Å². The number of para-hydroxylation sites is 1. The number of anilines is 2. The van der Waals surface area contributed by atoms with E-state index in [1.807, 2.05) is 0 Å². The Morgan fingerprint density at radius 3 is 2.29 bits per heavy atom. The highest BCUT2D eigenvalue weighted by molar-refractivity contribution is 6.20. The summed E-state index contributed by atoms with van der Waals surface area (Å²) in [5.41, 5.74) is 0.661. The van der Waals surface area contributed by atoms with Gasteiger partial charge in [0.15, 0.2) is 17.4 Å². The number of methoxy groups -OCH3 is 1. The fraction of sp³-hybridized carbons (Fsp3) is 0.125. The smallest absolute Gasteiger partial charge is 0.321 e. The van der Waals surface area contributed by atoms with Gasteiger partial charge in [-0.1, -0.05) is 30.3 Å². The number of hydrogen-bond donors (Lipinski definition) is 2. The number of rotatable bonds is 4. The number of nitrogens with zero attached hydrogens (tertiary/aromatic N) is 2. The zero-order valence-electron chi connectivity index (χ0n) is 18.1. The van der Waals surface area contributed by atoms with Gasteiger partial charge in [-0.3, -0.25) is 4.79 Å². The van der Waals surface area contributed by atoms with Gasteiger partial charge in [-0.15, -0.1) is 0 Å².